The number of hydrogen-bond donors (Lipinski definition) is 1. The van der Waals surface area contributed by atoms with Gasteiger partial charge in [-0.15, -0.1) is 12.4 Å². The summed E-state index contributed by atoms with van der Waals surface area (Å²) >= 11 is 0. The topological polar surface area (TPSA) is 32.3 Å². The summed E-state index contributed by atoms with van der Waals surface area (Å²) in [6, 6.07) is 9.31. The Morgan fingerprint density at radius 1 is 1.14 bits per heavy atom. The fourth-order valence-corrected chi connectivity index (χ4v) is 3.86. The van der Waals surface area contributed by atoms with Gasteiger partial charge in [-0.1, -0.05) is 12.1 Å². The average Bonchev–Trinajstić information content (AvgIpc) is 3.44. The molecular weight excluding hydrogens is 401 g/mol. The third-order valence-electron chi connectivity index (χ3n) is 5.48. The largest absolute Gasteiger partial charge is 0.416 e. The van der Waals surface area contributed by atoms with Gasteiger partial charge in [0.05, 0.1) is 5.56 Å². The highest BCUT2D eigenvalue weighted by Gasteiger charge is 2.31. The Hall–Kier alpha value is -2.05. The molecule has 1 aliphatic heterocycles. The molecule has 156 valence electrons. The van der Waals surface area contributed by atoms with E-state index in [1.54, 1.807) is 0 Å². The van der Waals surface area contributed by atoms with Crippen molar-refractivity contribution >= 4 is 24.0 Å². The number of hydrogen-bond acceptors (Lipinski definition) is 2. The van der Waals surface area contributed by atoms with Crippen LogP contribution in [-0.2, 0) is 23.9 Å². The molecule has 1 amide bonds. The molecule has 0 bridgehead atoms. The van der Waals surface area contributed by atoms with E-state index in [9.17, 15) is 18.0 Å². The highest BCUT2D eigenvalue weighted by molar-refractivity contribution is 5.94. The van der Waals surface area contributed by atoms with Gasteiger partial charge < -0.3 is 5.32 Å². The van der Waals surface area contributed by atoms with Gasteiger partial charge in [0.2, 0.25) is 5.91 Å². The molecule has 1 saturated carbocycles. The monoisotopic (exact) mass is 424 g/mol. The Kier molecular flexibility index (Phi) is 6.24. The number of carbonyl (C=O) groups excluding carboxylic acids is 1. The minimum Gasteiger partial charge on any atom is -0.326 e. The maximum Gasteiger partial charge on any atom is 0.416 e. The summed E-state index contributed by atoms with van der Waals surface area (Å²) in [5.41, 5.74) is 3.18. The van der Waals surface area contributed by atoms with Gasteiger partial charge in [0.25, 0.3) is 0 Å². The number of nitrogens with one attached hydrogen (secondary N) is 1. The van der Waals surface area contributed by atoms with E-state index < -0.39 is 11.7 Å². The first kappa shape index (κ1) is 21.7. The van der Waals surface area contributed by atoms with Gasteiger partial charge in [-0.05, 0) is 66.1 Å². The second-order valence-electron chi connectivity index (χ2n) is 7.85. The Morgan fingerprint density at radius 3 is 2.55 bits per heavy atom. The number of halogens is 4. The predicted molar refractivity (Wildman–Crippen MR) is 110 cm³/mol. The summed E-state index contributed by atoms with van der Waals surface area (Å²) < 4.78 is 39.7. The average molecular weight is 425 g/mol. The van der Waals surface area contributed by atoms with Crippen molar-refractivity contribution in [3.63, 3.8) is 0 Å². The smallest absolute Gasteiger partial charge is 0.326 e. The van der Waals surface area contributed by atoms with Gasteiger partial charge in [-0.3, -0.25) is 9.69 Å². The van der Waals surface area contributed by atoms with Crippen LogP contribution in [0.2, 0.25) is 0 Å². The molecule has 0 spiro atoms. The molecule has 4 rings (SSSR count). The van der Waals surface area contributed by atoms with Crippen LogP contribution < -0.4 is 5.32 Å². The molecule has 7 heteroatoms. The molecule has 29 heavy (non-hydrogen) atoms. The lowest BCUT2D eigenvalue weighted by Gasteiger charge is -2.29. The summed E-state index contributed by atoms with van der Waals surface area (Å²) in [5, 5.41) is 2.66. The molecule has 0 aromatic heterocycles. The molecular formula is C22H24ClF3N2O. The quantitative estimate of drug-likeness (QED) is 0.700. The third-order valence-corrected chi connectivity index (χ3v) is 5.48. The molecule has 2 aromatic carbocycles. The van der Waals surface area contributed by atoms with Crippen molar-refractivity contribution in [1.82, 2.24) is 4.90 Å². The lowest BCUT2D eigenvalue weighted by Crippen LogP contribution is -2.32. The van der Waals surface area contributed by atoms with E-state index in [2.05, 4.69) is 10.2 Å². The molecule has 0 atom stereocenters. The van der Waals surface area contributed by atoms with Gasteiger partial charge in [0.1, 0.15) is 0 Å². The van der Waals surface area contributed by atoms with E-state index in [0.717, 1.165) is 49.7 Å². The fraction of sp³-hybridized carbons (Fsp3) is 0.409. The predicted octanol–water partition coefficient (Wildman–Crippen LogP) is 5.52. The summed E-state index contributed by atoms with van der Waals surface area (Å²) in [6.07, 6.45) is -0.871. The fourth-order valence-electron chi connectivity index (χ4n) is 3.86. The van der Waals surface area contributed by atoms with Gasteiger partial charge in [-0.25, -0.2) is 0 Å². The van der Waals surface area contributed by atoms with Crippen LogP contribution in [0.3, 0.4) is 0 Å². The van der Waals surface area contributed by atoms with E-state index >= 15 is 0 Å². The number of fused-ring (bicyclic) bond motifs is 1. The number of nitrogens with zero attached hydrogens (tertiary/aromatic N) is 1. The Morgan fingerprint density at radius 2 is 1.90 bits per heavy atom. The van der Waals surface area contributed by atoms with E-state index in [4.69, 9.17) is 0 Å². The highest BCUT2D eigenvalue weighted by Crippen LogP contribution is 2.38. The second kappa shape index (κ2) is 8.36. The Labute approximate surface area is 174 Å². The minimum atomic E-state index is -4.43. The number of benzene rings is 2. The van der Waals surface area contributed by atoms with Crippen LogP contribution in [0.1, 0.15) is 36.5 Å². The molecule has 1 aliphatic carbocycles. The molecule has 3 nitrogen and oxygen atoms in total. The van der Waals surface area contributed by atoms with Gasteiger partial charge >= 0.3 is 6.18 Å². The van der Waals surface area contributed by atoms with Crippen molar-refractivity contribution in [2.45, 2.75) is 38.9 Å². The first-order chi connectivity index (χ1) is 13.3. The molecule has 2 aliphatic rings. The van der Waals surface area contributed by atoms with Crippen molar-refractivity contribution in [2.75, 3.05) is 18.4 Å². The second-order valence-corrected chi connectivity index (χ2v) is 7.85. The minimum absolute atomic E-state index is 0. The standard InChI is InChI=1S/C22H23F3N2O.ClH/c1-14(28)26-21-7-6-19(22(23,24)25)11-20(21)17-5-4-16-8-9-27(12-15-2-3-15)13-18(16)10-17;/h4-7,10-11,15H,2-3,8-9,12-13H2,1H3,(H,26,28);1H. The molecule has 1 N–H and O–H groups in total. The highest BCUT2D eigenvalue weighted by atomic mass is 35.5. The third kappa shape index (κ3) is 5.11. The van der Waals surface area contributed by atoms with Crippen molar-refractivity contribution < 1.29 is 18.0 Å². The van der Waals surface area contributed by atoms with Crippen LogP contribution in [0, 0.1) is 5.92 Å². The molecule has 1 heterocycles. The van der Waals surface area contributed by atoms with E-state index in [0.29, 0.717) is 16.8 Å². The van der Waals surface area contributed by atoms with Gasteiger partial charge in [-0.2, -0.15) is 13.2 Å². The summed E-state index contributed by atoms with van der Waals surface area (Å²) in [7, 11) is 0. The van der Waals surface area contributed by atoms with Gasteiger partial charge in [0.15, 0.2) is 0 Å². The summed E-state index contributed by atoms with van der Waals surface area (Å²) in [5.74, 6) is 0.495. The lowest BCUT2D eigenvalue weighted by atomic mass is 9.93. The van der Waals surface area contributed by atoms with E-state index in [1.165, 1.54) is 31.4 Å². The molecule has 0 unspecified atom stereocenters. The Balaban J connectivity index is 0.00000240. The van der Waals surface area contributed by atoms with Crippen LogP contribution in [-0.4, -0.2) is 23.9 Å². The zero-order valence-electron chi connectivity index (χ0n) is 16.2. The van der Waals surface area contributed by atoms with Crippen LogP contribution in [0.15, 0.2) is 36.4 Å². The van der Waals surface area contributed by atoms with Crippen LogP contribution in [0.4, 0.5) is 18.9 Å². The number of alkyl halides is 3. The van der Waals surface area contributed by atoms with Crippen molar-refractivity contribution in [3.05, 3.63) is 53.1 Å². The summed E-state index contributed by atoms with van der Waals surface area (Å²) in [4.78, 5) is 14.0. The zero-order valence-corrected chi connectivity index (χ0v) is 17.0. The summed E-state index contributed by atoms with van der Waals surface area (Å²) in [6.45, 7) is 4.31. The first-order valence-electron chi connectivity index (χ1n) is 9.63. The maximum absolute atomic E-state index is 13.2. The van der Waals surface area contributed by atoms with E-state index in [1.807, 2.05) is 18.2 Å². The van der Waals surface area contributed by atoms with Gasteiger partial charge in [0, 0.05) is 37.8 Å². The number of amides is 1. The molecule has 2 aromatic rings. The van der Waals surface area contributed by atoms with Crippen molar-refractivity contribution in [3.8, 4) is 11.1 Å². The lowest BCUT2D eigenvalue weighted by molar-refractivity contribution is -0.137. The first-order valence-corrected chi connectivity index (χ1v) is 9.63. The van der Waals surface area contributed by atoms with Crippen molar-refractivity contribution in [2.24, 2.45) is 5.92 Å². The van der Waals surface area contributed by atoms with E-state index in [-0.39, 0.29) is 18.3 Å². The maximum atomic E-state index is 13.2. The number of carbonyl (C=O) groups is 1. The normalized spacial score (nSPS) is 16.7. The number of anilines is 1. The Bertz CT molecular complexity index is 909. The van der Waals surface area contributed by atoms with Crippen molar-refractivity contribution in [1.29, 1.82) is 0 Å². The molecule has 0 radical (unpaired) electrons. The molecule has 1 fully saturated rings. The number of rotatable bonds is 4. The van der Waals surface area contributed by atoms with Crippen LogP contribution >= 0.6 is 12.4 Å². The zero-order chi connectivity index (χ0) is 19.9. The van der Waals surface area contributed by atoms with Crippen LogP contribution in [0.25, 0.3) is 11.1 Å². The van der Waals surface area contributed by atoms with Crippen LogP contribution in [0.5, 0.6) is 0 Å². The SMILES string of the molecule is CC(=O)Nc1ccc(C(F)(F)F)cc1-c1ccc2c(c1)CN(CC1CC1)CC2.Cl. The molecule has 0 saturated heterocycles.